The maximum atomic E-state index is 13.6. The van der Waals surface area contributed by atoms with Crippen molar-refractivity contribution in [3.05, 3.63) is 78.4 Å². The van der Waals surface area contributed by atoms with Gasteiger partial charge in [-0.25, -0.2) is 16.8 Å². The number of rotatable bonds is 12. The second-order valence-corrected chi connectivity index (χ2v) is 16.5. The van der Waals surface area contributed by atoms with Gasteiger partial charge in [-0.15, -0.1) is 0 Å². The molecule has 2 saturated heterocycles. The summed E-state index contributed by atoms with van der Waals surface area (Å²) in [5, 5.41) is 13.6. The monoisotopic (exact) mass is 655 g/mol. The highest BCUT2D eigenvalue weighted by atomic mass is 32.2. The van der Waals surface area contributed by atoms with Gasteiger partial charge in [-0.1, -0.05) is 42.5 Å². The molecule has 10 nitrogen and oxygen atoms in total. The van der Waals surface area contributed by atoms with Crippen LogP contribution in [0.4, 0.5) is 0 Å². The molecule has 3 aromatic carbocycles. The van der Waals surface area contributed by atoms with Crippen molar-refractivity contribution in [3.8, 4) is 16.9 Å². The van der Waals surface area contributed by atoms with Crippen molar-refractivity contribution < 1.29 is 31.4 Å². The first kappa shape index (κ1) is 32.1. The third kappa shape index (κ3) is 7.27. The fraction of sp³-hybridized carbons (Fsp3) is 0.455. The number of piperidine rings is 1. The summed E-state index contributed by atoms with van der Waals surface area (Å²) < 4.78 is 65.6. The third-order valence-corrected chi connectivity index (χ3v) is 13.2. The summed E-state index contributed by atoms with van der Waals surface area (Å²) in [6.07, 6.45) is 2.51. The van der Waals surface area contributed by atoms with E-state index in [4.69, 9.17) is 15.2 Å². The third-order valence-electron chi connectivity index (χ3n) is 9.02. The molecule has 0 bridgehead atoms. The van der Waals surface area contributed by atoms with Gasteiger partial charge in [0.15, 0.2) is 9.84 Å². The van der Waals surface area contributed by atoms with Crippen LogP contribution in [0.15, 0.2) is 82.6 Å². The molecule has 0 amide bonds. The number of aliphatic hydroxyl groups is 1. The second-order valence-electron chi connectivity index (χ2n) is 12.3. The molecule has 4 N–H and O–H groups in total. The Morgan fingerprint density at radius 3 is 2.38 bits per heavy atom. The zero-order valence-corrected chi connectivity index (χ0v) is 26.8. The van der Waals surface area contributed by atoms with E-state index in [-0.39, 0.29) is 34.2 Å². The molecular weight excluding hydrogens is 615 g/mol. The molecule has 6 rings (SSSR count). The Kier molecular flexibility index (Phi) is 9.36. The van der Waals surface area contributed by atoms with Crippen molar-refractivity contribution >= 4 is 19.9 Å². The predicted octanol–water partition coefficient (Wildman–Crippen LogP) is 3.09. The number of nitrogens with one attached hydrogen (secondary N) is 1. The average Bonchev–Trinajstić information content (AvgIpc) is 3.86. The Morgan fingerprint density at radius 2 is 1.67 bits per heavy atom. The normalized spacial score (nSPS) is 21.2. The molecule has 2 aliphatic heterocycles. The fourth-order valence-corrected chi connectivity index (χ4v) is 9.32. The zero-order chi connectivity index (χ0) is 31.7. The van der Waals surface area contributed by atoms with Crippen LogP contribution in [0.1, 0.15) is 37.7 Å². The first-order chi connectivity index (χ1) is 21.6. The van der Waals surface area contributed by atoms with Crippen molar-refractivity contribution in [2.75, 3.05) is 32.8 Å². The number of ether oxygens (including phenoxy) is 2. The molecule has 3 aromatic rings. The van der Waals surface area contributed by atoms with E-state index in [0.29, 0.717) is 57.7 Å². The molecule has 2 atom stereocenters. The fourth-order valence-electron chi connectivity index (χ4n) is 6.14. The maximum Gasteiger partial charge on any atom is 0.243 e. The topological polar surface area (TPSA) is 148 Å². The van der Waals surface area contributed by atoms with E-state index in [2.05, 4.69) is 5.32 Å². The number of hydrogen-bond donors (Lipinski definition) is 3. The number of hydrogen-bond acceptors (Lipinski definition) is 9. The average molecular weight is 656 g/mol. The van der Waals surface area contributed by atoms with E-state index >= 15 is 0 Å². The molecule has 242 valence electrons. The SMILES string of the molecule is NCc1ccc(-c2cccc(S(=O)(=O)N3CCC4(CC3)C[C@@H](NC[C@H](O)COc3cccc(S(=O)(=O)C5CC5)c3)CO4)c2)cc1. The highest BCUT2D eigenvalue weighted by molar-refractivity contribution is 7.92. The Morgan fingerprint density at radius 1 is 0.956 bits per heavy atom. The van der Waals surface area contributed by atoms with Gasteiger partial charge >= 0.3 is 0 Å². The minimum atomic E-state index is -3.67. The molecule has 3 aliphatic rings. The summed E-state index contributed by atoms with van der Waals surface area (Å²) in [6.45, 7) is 1.98. The van der Waals surface area contributed by atoms with Crippen LogP contribution in [-0.2, 0) is 31.1 Å². The van der Waals surface area contributed by atoms with Gasteiger partial charge in [0.1, 0.15) is 18.5 Å². The van der Waals surface area contributed by atoms with Gasteiger partial charge in [0, 0.05) is 32.2 Å². The molecule has 1 saturated carbocycles. The minimum absolute atomic E-state index is 0.0195. The Balaban J connectivity index is 0.975. The standard InChI is InChI=1S/C33H41N3O7S2/c34-20-24-7-9-25(10-8-24)26-3-1-6-32(17-26)45(40,41)36-15-13-33(14-16-36)19-27(22-43-33)35-21-28(37)23-42-29-4-2-5-31(18-29)44(38,39)30-11-12-30/h1-10,17-18,27-28,30,35,37H,11-16,19-23,34H2/t27-,28+/m1/s1. The lowest BCUT2D eigenvalue weighted by Crippen LogP contribution is -2.47. The van der Waals surface area contributed by atoms with Gasteiger partial charge in [-0.3, -0.25) is 0 Å². The van der Waals surface area contributed by atoms with Gasteiger partial charge in [0.2, 0.25) is 10.0 Å². The van der Waals surface area contributed by atoms with Crippen molar-refractivity contribution in [1.29, 1.82) is 0 Å². The number of benzene rings is 3. The van der Waals surface area contributed by atoms with Crippen molar-refractivity contribution in [1.82, 2.24) is 9.62 Å². The van der Waals surface area contributed by atoms with Crippen molar-refractivity contribution in [3.63, 3.8) is 0 Å². The van der Waals surface area contributed by atoms with Gasteiger partial charge in [-0.05, 0) is 79.1 Å². The maximum absolute atomic E-state index is 13.6. The Bertz CT molecular complexity index is 1700. The minimum Gasteiger partial charge on any atom is -0.491 e. The van der Waals surface area contributed by atoms with E-state index in [9.17, 15) is 21.9 Å². The van der Waals surface area contributed by atoms with Crippen molar-refractivity contribution in [2.24, 2.45) is 5.73 Å². The molecule has 2 heterocycles. The Labute approximate surface area is 265 Å². The summed E-state index contributed by atoms with van der Waals surface area (Å²) in [5.41, 5.74) is 8.10. The van der Waals surface area contributed by atoms with Gasteiger partial charge in [0.25, 0.3) is 0 Å². The summed E-state index contributed by atoms with van der Waals surface area (Å²) in [5.74, 6) is 0.411. The van der Waals surface area contributed by atoms with Crippen LogP contribution in [-0.4, -0.2) is 82.1 Å². The van der Waals surface area contributed by atoms with Crippen LogP contribution >= 0.6 is 0 Å². The summed E-state index contributed by atoms with van der Waals surface area (Å²) >= 11 is 0. The quantitative estimate of drug-likeness (QED) is 0.268. The molecule has 1 aliphatic carbocycles. The van der Waals surface area contributed by atoms with Crippen molar-refractivity contribution in [2.45, 2.75) is 71.4 Å². The highest BCUT2D eigenvalue weighted by Crippen LogP contribution is 2.38. The lowest BCUT2D eigenvalue weighted by atomic mass is 9.88. The molecule has 0 radical (unpaired) electrons. The lowest BCUT2D eigenvalue weighted by molar-refractivity contribution is -0.0312. The number of nitrogens with zero attached hydrogens (tertiary/aromatic N) is 1. The number of nitrogens with two attached hydrogens (primary N) is 1. The smallest absolute Gasteiger partial charge is 0.243 e. The lowest BCUT2D eigenvalue weighted by Gasteiger charge is -2.38. The largest absolute Gasteiger partial charge is 0.491 e. The molecule has 45 heavy (non-hydrogen) atoms. The first-order valence-corrected chi connectivity index (χ1v) is 18.5. The second kappa shape index (κ2) is 13.1. The summed E-state index contributed by atoms with van der Waals surface area (Å²) in [4.78, 5) is 0.531. The number of sulfonamides is 1. The van der Waals surface area contributed by atoms with E-state index in [1.807, 2.05) is 30.3 Å². The molecule has 3 fully saturated rings. The molecule has 12 heteroatoms. The van der Waals surface area contributed by atoms with E-state index in [1.54, 1.807) is 40.7 Å². The molecule has 0 unspecified atom stereocenters. The van der Waals surface area contributed by atoms with E-state index < -0.39 is 31.6 Å². The van der Waals surface area contributed by atoms with Gasteiger partial charge in [0.05, 0.1) is 27.2 Å². The number of aliphatic hydroxyl groups excluding tert-OH is 1. The number of sulfone groups is 1. The van der Waals surface area contributed by atoms with Crippen LogP contribution in [0.3, 0.4) is 0 Å². The van der Waals surface area contributed by atoms with Crippen LogP contribution < -0.4 is 15.8 Å². The van der Waals surface area contributed by atoms with Crippen LogP contribution in [0.2, 0.25) is 0 Å². The van der Waals surface area contributed by atoms with Gasteiger partial charge < -0.3 is 25.6 Å². The molecule has 0 aromatic heterocycles. The van der Waals surface area contributed by atoms with Crippen LogP contribution in [0.5, 0.6) is 5.75 Å². The van der Waals surface area contributed by atoms with E-state index in [0.717, 1.165) is 23.1 Å². The van der Waals surface area contributed by atoms with Crippen LogP contribution in [0.25, 0.3) is 11.1 Å². The van der Waals surface area contributed by atoms with E-state index in [1.165, 1.54) is 6.07 Å². The first-order valence-electron chi connectivity index (χ1n) is 15.5. The zero-order valence-electron chi connectivity index (χ0n) is 25.2. The Hall–Kier alpha value is -2.84. The summed E-state index contributed by atoms with van der Waals surface area (Å²) in [7, 11) is -6.98. The predicted molar refractivity (Wildman–Crippen MR) is 171 cm³/mol. The highest BCUT2D eigenvalue weighted by Gasteiger charge is 2.45. The van der Waals surface area contributed by atoms with Crippen LogP contribution in [0, 0.1) is 0 Å². The summed E-state index contributed by atoms with van der Waals surface area (Å²) in [6, 6.07) is 21.3. The molecule has 1 spiro atoms. The van der Waals surface area contributed by atoms with Gasteiger partial charge in [-0.2, -0.15) is 4.31 Å². The molecular formula is C33H41N3O7S2.